The Morgan fingerprint density at radius 1 is 1.22 bits per heavy atom. The first-order valence-corrected chi connectivity index (χ1v) is 12.4. The van der Waals surface area contributed by atoms with E-state index in [2.05, 4.69) is 34.7 Å². The van der Waals surface area contributed by atoms with Gasteiger partial charge in [-0.15, -0.1) is 11.3 Å². The van der Waals surface area contributed by atoms with Gasteiger partial charge in [0.05, 0.1) is 19.1 Å². The van der Waals surface area contributed by atoms with Crippen LogP contribution in [0, 0.1) is 11.8 Å². The molecule has 1 N–H and O–H groups in total. The number of ether oxygens (including phenoxy) is 1. The van der Waals surface area contributed by atoms with Gasteiger partial charge in [-0.2, -0.15) is 0 Å². The van der Waals surface area contributed by atoms with Gasteiger partial charge < -0.3 is 15.0 Å². The Labute approximate surface area is 194 Å². The van der Waals surface area contributed by atoms with Crippen molar-refractivity contribution in [2.24, 2.45) is 11.8 Å². The molecular formula is C25H33N3O3S. The van der Waals surface area contributed by atoms with Gasteiger partial charge in [0.25, 0.3) is 0 Å². The maximum atomic E-state index is 13.0. The van der Waals surface area contributed by atoms with E-state index in [4.69, 9.17) is 4.74 Å². The number of amides is 2. The lowest BCUT2D eigenvalue weighted by Crippen LogP contribution is -2.43. The summed E-state index contributed by atoms with van der Waals surface area (Å²) in [5, 5.41) is 5.27. The zero-order valence-electron chi connectivity index (χ0n) is 19.0. The van der Waals surface area contributed by atoms with Crippen molar-refractivity contribution in [3.63, 3.8) is 0 Å². The molecule has 2 saturated heterocycles. The topological polar surface area (TPSA) is 61.9 Å². The van der Waals surface area contributed by atoms with Crippen LogP contribution in [0.15, 0.2) is 41.8 Å². The molecule has 0 bridgehead atoms. The lowest BCUT2D eigenvalue weighted by atomic mass is 9.97. The van der Waals surface area contributed by atoms with Crippen LogP contribution in [0.5, 0.6) is 5.75 Å². The van der Waals surface area contributed by atoms with E-state index in [9.17, 15) is 9.59 Å². The molecule has 3 heterocycles. The molecule has 172 valence electrons. The molecule has 2 aliphatic rings. The number of benzene rings is 1. The Hall–Kier alpha value is -2.38. The van der Waals surface area contributed by atoms with Crippen molar-refractivity contribution in [2.45, 2.75) is 38.8 Å². The van der Waals surface area contributed by atoms with Gasteiger partial charge in [-0.1, -0.05) is 25.1 Å². The molecule has 1 aromatic heterocycles. The molecule has 1 aromatic carbocycles. The van der Waals surface area contributed by atoms with Gasteiger partial charge in [0.15, 0.2) is 0 Å². The van der Waals surface area contributed by atoms with Crippen LogP contribution in [0.3, 0.4) is 0 Å². The van der Waals surface area contributed by atoms with E-state index in [0.717, 1.165) is 30.3 Å². The number of likely N-dealkylation sites (tertiary alicyclic amines) is 2. The molecule has 6 nitrogen and oxygen atoms in total. The van der Waals surface area contributed by atoms with E-state index < -0.39 is 0 Å². The average Bonchev–Trinajstić information content (AvgIpc) is 3.46. The molecular weight excluding hydrogens is 422 g/mol. The molecule has 0 spiro atoms. The normalized spacial score (nSPS) is 21.0. The zero-order valence-corrected chi connectivity index (χ0v) is 19.8. The smallest absolute Gasteiger partial charge is 0.225 e. The third-order valence-corrected chi connectivity index (χ3v) is 7.69. The van der Waals surface area contributed by atoms with Gasteiger partial charge in [0.1, 0.15) is 5.75 Å². The van der Waals surface area contributed by atoms with Crippen LogP contribution in [0.25, 0.3) is 0 Å². The van der Waals surface area contributed by atoms with Gasteiger partial charge in [-0.25, -0.2) is 0 Å². The number of nitrogens with one attached hydrogen (secondary N) is 1. The van der Waals surface area contributed by atoms with E-state index in [1.807, 2.05) is 24.3 Å². The maximum absolute atomic E-state index is 13.0. The maximum Gasteiger partial charge on any atom is 0.225 e. The first kappa shape index (κ1) is 22.8. The summed E-state index contributed by atoms with van der Waals surface area (Å²) >= 11 is 1.75. The van der Waals surface area contributed by atoms with Crippen molar-refractivity contribution >= 4 is 23.2 Å². The van der Waals surface area contributed by atoms with Gasteiger partial charge in [0.2, 0.25) is 11.8 Å². The Morgan fingerprint density at radius 2 is 1.97 bits per heavy atom. The Balaban J connectivity index is 1.33. The molecule has 0 aliphatic carbocycles. The van der Waals surface area contributed by atoms with Crippen LogP contribution in [-0.4, -0.2) is 54.9 Å². The second-order valence-corrected chi connectivity index (χ2v) is 10.00. The van der Waals surface area contributed by atoms with Crippen molar-refractivity contribution < 1.29 is 14.3 Å². The molecule has 4 rings (SSSR count). The van der Waals surface area contributed by atoms with Crippen molar-refractivity contribution in [2.75, 3.05) is 33.3 Å². The van der Waals surface area contributed by atoms with Crippen LogP contribution in [0.2, 0.25) is 0 Å². The van der Waals surface area contributed by atoms with E-state index in [-0.39, 0.29) is 30.2 Å². The third kappa shape index (κ3) is 5.51. The quantitative estimate of drug-likeness (QED) is 0.659. The van der Waals surface area contributed by atoms with Gasteiger partial charge in [0, 0.05) is 30.9 Å². The largest absolute Gasteiger partial charge is 0.497 e. The van der Waals surface area contributed by atoms with Crippen molar-refractivity contribution in [3.8, 4) is 5.75 Å². The van der Waals surface area contributed by atoms with Gasteiger partial charge in [-0.3, -0.25) is 14.5 Å². The van der Waals surface area contributed by atoms with E-state index >= 15 is 0 Å². The van der Waals surface area contributed by atoms with Crippen LogP contribution in [-0.2, 0) is 16.1 Å². The summed E-state index contributed by atoms with van der Waals surface area (Å²) in [5.41, 5.74) is 1.04. The first-order valence-electron chi connectivity index (χ1n) is 11.5. The molecule has 2 unspecified atom stereocenters. The lowest BCUT2D eigenvalue weighted by Gasteiger charge is -2.36. The Morgan fingerprint density at radius 3 is 2.62 bits per heavy atom. The number of rotatable bonds is 8. The number of hydrogen-bond donors (Lipinski definition) is 1. The van der Waals surface area contributed by atoms with E-state index in [1.165, 1.54) is 17.7 Å². The number of hydrogen-bond acceptors (Lipinski definition) is 5. The van der Waals surface area contributed by atoms with Crippen LogP contribution >= 0.6 is 11.3 Å². The molecule has 7 heteroatoms. The summed E-state index contributed by atoms with van der Waals surface area (Å²) in [4.78, 5) is 31.1. The third-order valence-electron chi connectivity index (χ3n) is 6.72. The highest BCUT2D eigenvalue weighted by Crippen LogP contribution is 2.29. The summed E-state index contributed by atoms with van der Waals surface area (Å²) in [7, 11) is 1.64. The molecule has 0 radical (unpaired) electrons. The molecule has 2 amide bonds. The molecule has 2 aromatic rings. The highest BCUT2D eigenvalue weighted by atomic mass is 32.1. The summed E-state index contributed by atoms with van der Waals surface area (Å²) in [5.74, 6) is 1.31. The van der Waals surface area contributed by atoms with E-state index in [0.29, 0.717) is 19.6 Å². The number of thiophene rings is 1. The van der Waals surface area contributed by atoms with Gasteiger partial charge >= 0.3 is 0 Å². The minimum atomic E-state index is -0.286. The summed E-state index contributed by atoms with van der Waals surface area (Å²) < 4.78 is 5.19. The standard InChI is InChI=1S/C25H33N3O3S/c1-18-9-11-27(12-10-18)22(23-4-3-13-32-23)15-26-25(30)20-14-24(29)28(17-20)16-19-5-7-21(31-2)8-6-19/h3-8,13,18,20,22H,9-12,14-17H2,1-2H3,(H,26,30). The second-order valence-electron chi connectivity index (χ2n) is 9.02. The fourth-order valence-corrected chi connectivity index (χ4v) is 5.49. The number of carbonyl (C=O) groups is 2. The molecule has 2 fully saturated rings. The van der Waals surface area contributed by atoms with Crippen molar-refractivity contribution in [1.29, 1.82) is 0 Å². The first-order chi connectivity index (χ1) is 15.5. The summed E-state index contributed by atoms with van der Waals surface area (Å²) in [6.07, 6.45) is 2.69. The molecule has 0 saturated carbocycles. The second kappa shape index (κ2) is 10.5. The summed E-state index contributed by atoms with van der Waals surface area (Å²) in [6, 6.07) is 12.2. The highest BCUT2D eigenvalue weighted by Gasteiger charge is 2.35. The van der Waals surface area contributed by atoms with Crippen LogP contribution in [0.4, 0.5) is 0 Å². The Bertz CT molecular complexity index is 892. The number of nitrogens with zero attached hydrogens (tertiary/aromatic N) is 2. The number of piperidine rings is 1. The number of carbonyl (C=O) groups excluding carboxylic acids is 2. The SMILES string of the molecule is COc1ccc(CN2CC(C(=O)NCC(c3cccs3)N3CCC(C)CC3)CC2=O)cc1. The lowest BCUT2D eigenvalue weighted by molar-refractivity contribution is -0.129. The average molecular weight is 456 g/mol. The fraction of sp³-hybridized carbons (Fsp3) is 0.520. The van der Waals surface area contributed by atoms with Gasteiger partial charge in [-0.05, 0) is 61.0 Å². The predicted octanol–water partition coefficient (Wildman–Crippen LogP) is 3.69. The zero-order chi connectivity index (χ0) is 22.5. The van der Waals surface area contributed by atoms with E-state index in [1.54, 1.807) is 23.3 Å². The minimum absolute atomic E-state index is 0.0116. The van der Waals surface area contributed by atoms with Crippen LogP contribution in [0.1, 0.15) is 42.7 Å². The van der Waals surface area contributed by atoms with Crippen LogP contribution < -0.4 is 10.1 Å². The monoisotopic (exact) mass is 455 g/mol. The van der Waals surface area contributed by atoms with Crippen molar-refractivity contribution in [1.82, 2.24) is 15.1 Å². The fourth-order valence-electron chi connectivity index (χ4n) is 4.62. The predicted molar refractivity (Wildman–Crippen MR) is 127 cm³/mol. The molecule has 32 heavy (non-hydrogen) atoms. The molecule has 2 aliphatic heterocycles. The molecule has 2 atom stereocenters. The highest BCUT2D eigenvalue weighted by molar-refractivity contribution is 7.10. The summed E-state index contributed by atoms with van der Waals surface area (Å²) in [6.45, 7) is 6.04. The van der Waals surface area contributed by atoms with Crippen molar-refractivity contribution in [3.05, 3.63) is 52.2 Å². The number of methoxy groups -OCH3 is 1. The minimum Gasteiger partial charge on any atom is -0.497 e. The Kier molecular flexibility index (Phi) is 7.48.